The molecule has 0 unspecified atom stereocenters. The average molecular weight is 429 g/mol. The summed E-state index contributed by atoms with van der Waals surface area (Å²) in [4.78, 5) is 14.0. The molecule has 0 heterocycles. The van der Waals surface area contributed by atoms with Crippen molar-refractivity contribution in [2.24, 2.45) is 0 Å². The van der Waals surface area contributed by atoms with E-state index in [0.717, 1.165) is 24.0 Å². The summed E-state index contributed by atoms with van der Waals surface area (Å²) in [5.74, 6) is 1.89. The summed E-state index contributed by atoms with van der Waals surface area (Å²) in [5, 5.41) is 8.93. The van der Waals surface area contributed by atoms with Gasteiger partial charge in [0.25, 0.3) is 0 Å². The quantitative estimate of drug-likeness (QED) is 0.574. The number of hydrogen-bond donors (Lipinski definition) is 1. The second kappa shape index (κ2) is 7.15. The van der Waals surface area contributed by atoms with Crippen molar-refractivity contribution in [3.8, 4) is 10.7 Å². The van der Waals surface area contributed by atoms with Crippen LogP contribution in [0.3, 0.4) is 0 Å². The summed E-state index contributed by atoms with van der Waals surface area (Å²) >= 11 is -0.303. The number of fused-ring (bicyclic) bond motifs is 1. The second-order valence-corrected chi connectivity index (χ2v) is 10.1. The van der Waals surface area contributed by atoms with Crippen LogP contribution >= 0.6 is 0 Å². The molecule has 27 heavy (non-hydrogen) atoms. The molecule has 1 aliphatic carbocycles. The summed E-state index contributed by atoms with van der Waals surface area (Å²) in [6, 6.07) is 10.2. The molecule has 0 spiro atoms. The van der Waals surface area contributed by atoms with Crippen LogP contribution in [0, 0.1) is 16.6 Å². The third-order valence-corrected chi connectivity index (χ3v) is 6.94. The topological polar surface area (TPSA) is 37.3 Å². The molecule has 4 heteroatoms. The van der Waals surface area contributed by atoms with E-state index in [0.29, 0.717) is 4.46 Å². The van der Waals surface area contributed by atoms with Crippen LogP contribution in [0.15, 0.2) is 36.4 Å². The van der Waals surface area contributed by atoms with Crippen LogP contribution < -0.4 is 4.46 Å². The Balaban J connectivity index is 1.88. The number of rotatable bonds is 2. The first-order chi connectivity index (χ1) is 12.6. The van der Waals surface area contributed by atoms with Crippen LogP contribution in [-0.2, 0) is 10.8 Å². The van der Waals surface area contributed by atoms with Crippen molar-refractivity contribution in [2.75, 3.05) is 0 Å². The van der Waals surface area contributed by atoms with Gasteiger partial charge in [-0.3, -0.25) is 0 Å². The van der Waals surface area contributed by atoms with Crippen LogP contribution in [0.5, 0.6) is 0 Å². The Labute approximate surface area is 166 Å². The van der Waals surface area contributed by atoms with Gasteiger partial charge in [-0.2, -0.15) is 0 Å². The van der Waals surface area contributed by atoms with Crippen LogP contribution in [0.4, 0.5) is 4.39 Å². The Hall–Kier alpha value is -2.08. The van der Waals surface area contributed by atoms with Gasteiger partial charge in [0.2, 0.25) is 0 Å². The molecular formula is C23H23FO2Se. The van der Waals surface area contributed by atoms with Crippen LogP contribution in [0.1, 0.15) is 67.6 Å². The standard InChI is InChI=1S/C23H23FO2Se/c1-22(2)10-11-23(3,4)18-14-20(19(24)13-17(18)22)27-12-9-15-5-7-16(8-6-15)21(25)26/h5-8,13-14H,10-11H2,1-4H3,(H,25,26). The molecule has 2 aromatic carbocycles. The number of carboxylic acids is 1. The Morgan fingerprint density at radius 1 is 1.04 bits per heavy atom. The number of halogens is 1. The van der Waals surface area contributed by atoms with Gasteiger partial charge in [0.15, 0.2) is 0 Å². The second-order valence-electron chi connectivity index (χ2n) is 8.31. The third-order valence-electron chi connectivity index (χ3n) is 5.39. The van der Waals surface area contributed by atoms with Gasteiger partial charge in [0.1, 0.15) is 0 Å². The number of aromatic carboxylic acids is 1. The number of carboxylic acid groups (broad SMARTS) is 1. The van der Waals surface area contributed by atoms with Gasteiger partial charge in [-0.15, -0.1) is 0 Å². The summed E-state index contributed by atoms with van der Waals surface area (Å²) < 4.78 is 15.4. The van der Waals surface area contributed by atoms with Crippen molar-refractivity contribution in [2.45, 2.75) is 51.4 Å². The van der Waals surface area contributed by atoms with Crippen LogP contribution in [0.2, 0.25) is 0 Å². The fourth-order valence-corrected chi connectivity index (χ4v) is 4.77. The Morgan fingerprint density at radius 2 is 1.59 bits per heavy atom. The zero-order valence-corrected chi connectivity index (χ0v) is 17.7. The first-order valence-corrected chi connectivity index (χ1v) is 10.7. The minimum absolute atomic E-state index is 0.00517. The van der Waals surface area contributed by atoms with E-state index < -0.39 is 5.97 Å². The van der Waals surface area contributed by atoms with Crippen molar-refractivity contribution in [1.82, 2.24) is 0 Å². The molecule has 0 atom stereocenters. The molecule has 0 aliphatic heterocycles. The van der Waals surface area contributed by atoms with E-state index >= 15 is 0 Å². The summed E-state index contributed by atoms with van der Waals surface area (Å²) in [5.41, 5.74) is 3.37. The molecule has 0 radical (unpaired) electrons. The first kappa shape index (κ1) is 19.7. The van der Waals surface area contributed by atoms with Crippen molar-refractivity contribution in [3.05, 3.63) is 64.5 Å². The maximum absolute atomic E-state index is 14.7. The molecule has 0 bridgehead atoms. The van der Waals surface area contributed by atoms with Crippen molar-refractivity contribution in [1.29, 1.82) is 0 Å². The molecule has 0 fully saturated rings. The number of carbonyl (C=O) groups is 1. The number of benzene rings is 2. The Morgan fingerprint density at radius 3 is 2.15 bits per heavy atom. The fourth-order valence-electron chi connectivity index (χ4n) is 3.48. The molecule has 2 nitrogen and oxygen atoms in total. The predicted molar refractivity (Wildman–Crippen MR) is 107 cm³/mol. The predicted octanol–water partition coefficient (Wildman–Crippen LogP) is 4.21. The molecule has 1 aliphatic rings. The summed E-state index contributed by atoms with van der Waals surface area (Å²) in [7, 11) is 0. The monoisotopic (exact) mass is 430 g/mol. The van der Waals surface area contributed by atoms with Crippen molar-refractivity contribution in [3.63, 3.8) is 0 Å². The summed E-state index contributed by atoms with van der Waals surface area (Å²) in [6.45, 7) is 8.83. The minimum atomic E-state index is -0.958. The van der Waals surface area contributed by atoms with E-state index in [9.17, 15) is 9.18 Å². The molecule has 140 valence electrons. The van der Waals surface area contributed by atoms with E-state index in [1.54, 1.807) is 18.2 Å². The normalized spacial score (nSPS) is 16.8. The molecule has 0 saturated carbocycles. The molecule has 3 rings (SSSR count). The van der Waals surface area contributed by atoms with Gasteiger partial charge in [0.05, 0.1) is 0 Å². The van der Waals surface area contributed by atoms with Crippen molar-refractivity contribution < 1.29 is 14.3 Å². The van der Waals surface area contributed by atoms with Gasteiger partial charge in [0, 0.05) is 0 Å². The SMILES string of the molecule is CC1(C)CCC(C)(C)c2cc([Se]C#Cc3ccc(C(=O)O)cc3)c(F)cc21. The molecule has 0 amide bonds. The van der Waals surface area contributed by atoms with E-state index in [4.69, 9.17) is 5.11 Å². The average Bonchev–Trinajstić information content (AvgIpc) is 2.60. The third kappa shape index (κ3) is 4.10. The first-order valence-electron chi connectivity index (χ1n) is 8.96. The van der Waals surface area contributed by atoms with Gasteiger partial charge in [-0.05, 0) is 0 Å². The summed E-state index contributed by atoms with van der Waals surface area (Å²) in [6.07, 6.45) is 2.15. The van der Waals surface area contributed by atoms with Gasteiger partial charge in [-0.25, -0.2) is 0 Å². The molecule has 0 aromatic heterocycles. The number of hydrogen-bond acceptors (Lipinski definition) is 1. The maximum atomic E-state index is 14.7. The zero-order chi connectivity index (χ0) is 19.8. The van der Waals surface area contributed by atoms with Crippen LogP contribution in [-0.4, -0.2) is 26.0 Å². The molecule has 2 aromatic rings. The Kier molecular flexibility index (Phi) is 5.21. The van der Waals surface area contributed by atoms with Crippen molar-refractivity contribution >= 4 is 25.4 Å². The Bertz CT molecular complexity index is 947. The van der Waals surface area contributed by atoms with E-state index in [-0.39, 0.29) is 37.2 Å². The fraction of sp³-hybridized carbons (Fsp3) is 0.348. The van der Waals surface area contributed by atoms with Gasteiger partial charge >= 0.3 is 166 Å². The zero-order valence-electron chi connectivity index (χ0n) is 16.0. The van der Waals surface area contributed by atoms with E-state index in [1.807, 2.05) is 6.07 Å². The van der Waals surface area contributed by atoms with Gasteiger partial charge < -0.3 is 0 Å². The van der Waals surface area contributed by atoms with Crippen LogP contribution in [0.25, 0.3) is 0 Å². The molecule has 0 saturated heterocycles. The molecular weight excluding hydrogens is 406 g/mol. The van der Waals surface area contributed by atoms with E-state index in [2.05, 4.69) is 38.4 Å². The van der Waals surface area contributed by atoms with E-state index in [1.165, 1.54) is 17.7 Å². The van der Waals surface area contributed by atoms with Gasteiger partial charge in [-0.1, -0.05) is 0 Å². The molecule has 1 N–H and O–H groups in total.